The van der Waals surface area contributed by atoms with E-state index in [1.54, 1.807) is 26.0 Å². The fraction of sp³-hybridized carbons (Fsp3) is 0.429. The zero-order chi connectivity index (χ0) is 14.0. The van der Waals surface area contributed by atoms with Crippen molar-refractivity contribution in [1.29, 1.82) is 0 Å². The predicted octanol–water partition coefficient (Wildman–Crippen LogP) is 2.06. The summed E-state index contributed by atoms with van der Waals surface area (Å²) in [6.07, 6.45) is 0.718. The molecule has 1 aliphatic rings. The summed E-state index contributed by atoms with van der Waals surface area (Å²) < 4.78 is 5.45. The molecule has 5 nitrogen and oxygen atoms in total. The fourth-order valence-corrected chi connectivity index (χ4v) is 1.96. The summed E-state index contributed by atoms with van der Waals surface area (Å²) in [5.74, 6) is -0.307. The molecule has 0 saturated carbocycles. The second-order valence-electron chi connectivity index (χ2n) is 5.34. The van der Waals surface area contributed by atoms with Crippen LogP contribution in [-0.2, 0) is 16.0 Å². The maximum absolute atomic E-state index is 11.5. The van der Waals surface area contributed by atoms with Gasteiger partial charge in [0.25, 0.3) is 0 Å². The lowest BCUT2D eigenvalue weighted by molar-refractivity contribution is -0.146. The summed E-state index contributed by atoms with van der Waals surface area (Å²) in [5.41, 5.74) is 0.627. The molecule has 19 heavy (non-hydrogen) atoms. The first-order chi connectivity index (χ1) is 8.88. The number of carbonyl (C=O) groups excluding carboxylic acids is 1. The summed E-state index contributed by atoms with van der Waals surface area (Å²) in [6, 6.07) is 5.39. The molecule has 0 saturated heterocycles. The minimum atomic E-state index is -0.845. The van der Waals surface area contributed by atoms with Gasteiger partial charge < -0.3 is 15.2 Å². The third kappa shape index (κ3) is 3.05. The third-order valence-corrected chi connectivity index (χ3v) is 3.13. The Hall–Kier alpha value is -2.04. The summed E-state index contributed by atoms with van der Waals surface area (Å²) in [4.78, 5) is 22.6. The molecule has 0 aliphatic carbocycles. The highest BCUT2D eigenvalue weighted by Crippen LogP contribution is 2.31. The number of amides is 1. The quantitative estimate of drug-likeness (QED) is 0.875. The molecular formula is C14H17NO4. The highest BCUT2D eigenvalue weighted by molar-refractivity contribution is 5.93. The van der Waals surface area contributed by atoms with E-state index >= 15 is 0 Å². The molecule has 1 aromatic carbocycles. The largest absolute Gasteiger partial charge is 0.491 e. The average molecular weight is 263 g/mol. The molecule has 0 aromatic heterocycles. The number of hydrogen-bond donors (Lipinski definition) is 2. The van der Waals surface area contributed by atoms with Gasteiger partial charge in [0.05, 0.1) is 24.1 Å². The van der Waals surface area contributed by atoms with Crippen LogP contribution in [0.5, 0.6) is 5.75 Å². The molecule has 5 heteroatoms. The van der Waals surface area contributed by atoms with Gasteiger partial charge in [-0.3, -0.25) is 9.59 Å². The van der Waals surface area contributed by atoms with Gasteiger partial charge >= 0.3 is 5.97 Å². The van der Waals surface area contributed by atoms with Crippen LogP contribution in [0.1, 0.15) is 25.8 Å². The molecule has 0 spiro atoms. The first-order valence-electron chi connectivity index (χ1n) is 6.17. The first-order valence-corrected chi connectivity index (χ1v) is 6.17. The van der Waals surface area contributed by atoms with E-state index in [-0.39, 0.29) is 5.91 Å². The van der Waals surface area contributed by atoms with Crippen molar-refractivity contribution >= 4 is 17.6 Å². The van der Waals surface area contributed by atoms with E-state index in [2.05, 4.69) is 5.32 Å². The van der Waals surface area contributed by atoms with E-state index in [0.29, 0.717) is 30.9 Å². The number of aliphatic carboxylic acids is 1. The molecule has 1 aromatic rings. The summed E-state index contributed by atoms with van der Waals surface area (Å²) in [7, 11) is 0. The topological polar surface area (TPSA) is 75.6 Å². The zero-order valence-corrected chi connectivity index (χ0v) is 11.0. The van der Waals surface area contributed by atoms with Crippen molar-refractivity contribution in [3.63, 3.8) is 0 Å². The fourth-order valence-electron chi connectivity index (χ4n) is 1.96. The minimum Gasteiger partial charge on any atom is -0.491 e. The Morgan fingerprint density at radius 2 is 2.21 bits per heavy atom. The molecule has 0 atom stereocenters. The predicted molar refractivity (Wildman–Crippen MR) is 70.3 cm³/mol. The van der Waals surface area contributed by atoms with Gasteiger partial charge in [0.2, 0.25) is 5.91 Å². The van der Waals surface area contributed by atoms with Crippen molar-refractivity contribution in [2.75, 3.05) is 11.9 Å². The molecular weight excluding hydrogens is 246 g/mol. The first kappa shape index (κ1) is 13.4. The lowest BCUT2D eigenvalue weighted by Crippen LogP contribution is -2.26. The number of carboxylic acid groups (broad SMARTS) is 1. The van der Waals surface area contributed by atoms with Crippen LogP contribution in [0, 0.1) is 5.41 Å². The van der Waals surface area contributed by atoms with Crippen LogP contribution in [0.4, 0.5) is 5.69 Å². The van der Waals surface area contributed by atoms with Gasteiger partial charge in [-0.1, -0.05) is 6.07 Å². The van der Waals surface area contributed by atoms with Gasteiger partial charge in [-0.05, 0) is 38.0 Å². The van der Waals surface area contributed by atoms with Gasteiger partial charge in [-0.25, -0.2) is 0 Å². The molecule has 2 rings (SSSR count). The van der Waals surface area contributed by atoms with E-state index < -0.39 is 11.4 Å². The van der Waals surface area contributed by atoms with Crippen molar-refractivity contribution < 1.29 is 19.4 Å². The third-order valence-electron chi connectivity index (χ3n) is 3.13. The van der Waals surface area contributed by atoms with Gasteiger partial charge in [-0.15, -0.1) is 0 Å². The van der Waals surface area contributed by atoms with E-state index in [1.807, 2.05) is 6.07 Å². The number of benzene rings is 1. The monoisotopic (exact) mass is 263 g/mol. The van der Waals surface area contributed by atoms with Crippen LogP contribution in [0.3, 0.4) is 0 Å². The Labute approximate surface area is 111 Å². The Morgan fingerprint density at radius 1 is 1.47 bits per heavy atom. The van der Waals surface area contributed by atoms with Gasteiger partial charge in [-0.2, -0.15) is 0 Å². The highest BCUT2D eigenvalue weighted by Gasteiger charge is 2.27. The zero-order valence-electron chi connectivity index (χ0n) is 11.0. The van der Waals surface area contributed by atoms with Gasteiger partial charge in [0.1, 0.15) is 5.75 Å². The molecule has 1 amide bonds. The number of ether oxygens (including phenoxy) is 1. The van der Waals surface area contributed by atoms with E-state index in [4.69, 9.17) is 9.84 Å². The molecule has 1 heterocycles. The van der Waals surface area contributed by atoms with Crippen LogP contribution >= 0.6 is 0 Å². The summed E-state index contributed by atoms with van der Waals surface area (Å²) in [6.45, 7) is 3.71. The maximum Gasteiger partial charge on any atom is 0.309 e. The molecule has 0 fully saturated rings. The van der Waals surface area contributed by atoms with Crippen molar-refractivity contribution in [3.05, 3.63) is 23.8 Å². The number of anilines is 1. The maximum atomic E-state index is 11.5. The molecule has 0 unspecified atom stereocenters. The van der Waals surface area contributed by atoms with Gasteiger partial charge in [0.15, 0.2) is 0 Å². The number of carbonyl (C=O) groups is 2. The standard InChI is InChI=1S/C14H17NO4/c1-14(2,13(17)18)8-9-3-4-11-10(7-9)15-12(16)5-6-19-11/h3-4,7H,5-6,8H2,1-2H3,(H,15,16)(H,17,18). The molecule has 0 bridgehead atoms. The Bertz CT molecular complexity index is 522. The van der Waals surface area contributed by atoms with Crippen molar-refractivity contribution in [2.24, 2.45) is 5.41 Å². The molecule has 1 aliphatic heterocycles. The lowest BCUT2D eigenvalue weighted by Gasteiger charge is -2.19. The average Bonchev–Trinajstić information content (AvgIpc) is 2.48. The van der Waals surface area contributed by atoms with Crippen LogP contribution in [0.25, 0.3) is 0 Å². The number of hydrogen-bond acceptors (Lipinski definition) is 3. The normalized spacial score (nSPS) is 14.9. The number of carboxylic acids is 1. The van der Waals surface area contributed by atoms with E-state index in [1.165, 1.54) is 0 Å². The molecule has 0 radical (unpaired) electrons. The van der Waals surface area contributed by atoms with Crippen molar-refractivity contribution in [1.82, 2.24) is 0 Å². The van der Waals surface area contributed by atoms with Gasteiger partial charge in [0, 0.05) is 0 Å². The van der Waals surface area contributed by atoms with Crippen LogP contribution in [0.15, 0.2) is 18.2 Å². The van der Waals surface area contributed by atoms with Crippen LogP contribution in [-0.4, -0.2) is 23.6 Å². The highest BCUT2D eigenvalue weighted by atomic mass is 16.5. The molecule has 102 valence electrons. The lowest BCUT2D eigenvalue weighted by atomic mass is 9.86. The Balaban J connectivity index is 2.25. The SMILES string of the molecule is CC(C)(Cc1ccc2c(c1)NC(=O)CCO2)C(=O)O. The molecule has 2 N–H and O–H groups in total. The van der Waals surface area contributed by atoms with Crippen molar-refractivity contribution in [2.45, 2.75) is 26.7 Å². The smallest absolute Gasteiger partial charge is 0.309 e. The second-order valence-corrected chi connectivity index (χ2v) is 5.34. The Morgan fingerprint density at radius 3 is 2.89 bits per heavy atom. The minimum absolute atomic E-state index is 0.0894. The van der Waals surface area contributed by atoms with Crippen molar-refractivity contribution in [3.8, 4) is 5.75 Å². The van der Waals surface area contributed by atoms with Crippen LogP contribution < -0.4 is 10.1 Å². The number of rotatable bonds is 3. The summed E-state index contributed by atoms with van der Waals surface area (Å²) >= 11 is 0. The number of fused-ring (bicyclic) bond motifs is 1. The second kappa shape index (κ2) is 4.91. The Kier molecular flexibility index (Phi) is 3.46. The summed E-state index contributed by atoms with van der Waals surface area (Å²) in [5, 5.41) is 11.9. The number of nitrogens with one attached hydrogen (secondary N) is 1. The van der Waals surface area contributed by atoms with Crippen LogP contribution in [0.2, 0.25) is 0 Å². The van der Waals surface area contributed by atoms with E-state index in [0.717, 1.165) is 5.56 Å². The van der Waals surface area contributed by atoms with E-state index in [9.17, 15) is 9.59 Å².